The predicted molar refractivity (Wildman–Crippen MR) is 122 cm³/mol. The highest BCUT2D eigenvalue weighted by atomic mass is 16.5. The van der Waals surface area contributed by atoms with E-state index in [1.807, 2.05) is 12.1 Å². The number of likely N-dealkylation sites (tertiary alicyclic amines) is 1. The first-order valence-corrected chi connectivity index (χ1v) is 11.0. The number of piperidine rings is 1. The molecule has 1 saturated heterocycles. The molecule has 1 aromatic heterocycles. The van der Waals surface area contributed by atoms with E-state index in [9.17, 15) is 5.11 Å². The van der Waals surface area contributed by atoms with Gasteiger partial charge < -0.3 is 9.84 Å². The number of aliphatic hydroxyl groups is 1. The SMILES string of the molecule is COc1cccc2ccc(CN3CCCC(CO)(CCCc4ccccc4)C3)nc12. The molecule has 4 rings (SSSR count). The maximum atomic E-state index is 10.3. The van der Waals surface area contributed by atoms with Crippen LogP contribution in [-0.2, 0) is 13.0 Å². The van der Waals surface area contributed by atoms with Crippen molar-refractivity contribution in [2.45, 2.75) is 38.6 Å². The van der Waals surface area contributed by atoms with Crippen LogP contribution in [0.4, 0.5) is 0 Å². The zero-order valence-electron chi connectivity index (χ0n) is 17.9. The average Bonchev–Trinajstić information content (AvgIpc) is 2.79. The predicted octanol–water partition coefficient (Wildman–Crippen LogP) is 4.84. The quantitative estimate of drug-likeness (QED) is 0.583. The van der Waals surface area contributed by atoms with Gasteiger partial charge in [0, 0.05) is 30.5 Å². The molecule has 0 bridgehead atoms. The average molecular weight is 405 g/mol. The molecule has 0 amide bonds. The zero-order chi connectivity index (χ0) is 20.8. The number of fused-ring (bicyclic) bond motifs is 1. The van der Waals surface area contributed by atoms with Gasteiger partial charge in [-0.05, 0) is 56.3 Å². The summed E-state index contributed by atoms with van der Waals surface area (Å²) in [6.45, 7) is 3.07. The highest BCUT2D eigenvalue weighted by Gasteiger charge is 2.34. The third kappa shape index (κ3) is 4.82. The van der Waals surface area contributed by atoms with Crippen molar-refractivity contribution in [2.24, 2.45) is 5.41 Å². The third-order valence-electron chi connectivity index (χ3n) is 6.44. The van der Waals surface area contributed by atoms with Gasteiger partial charge in [0.25, 0.3) is 0 Å². The van der Waals surface area contributed by atoms with Crippen molar-refractivity contribution in [1.29, 1.82) is 0 Å². The Morgan fingerprint density at radius 1 is 1.07 bits per heavy atom. The largest absolute Gasteiger partial charge is 0.494 e. The van der Waals surface area contributed by atoms with Crippen molar-refractivity contribution in [3.8, 4) is 5.75 Å². The van der Waals surface area contributed by atoms with E-state index in [0.717, 1.165) is 74.1 Å². The van der Waals surface area contributed by atoms with E-state index in [4.69, 9.17) is 9.72 Å². The zero-order valence-corrected chi connectivity index (χ0v) is 17.9. The Morgan fingerprint density at radius 2 is 1.93 bits per heavy atom. The number of aromatic nitrogens is 1. The van der Waals surface area contributed by atoms with Gasteiger partial charge in [0.1, 0.15) is 11.3 Å². The molecule has 1 aliphatic heterocycles. The molecule has 2 aromatic carbocycles. The van der Waals surface area contributed by atoms with Gasteiger partial charge in [0.2, 0.25) is 0 Å². The third-order valence-corrected chi connectivity index (χ3v) is 6.44. The van der Waals surface area contributed by atoms with Crippen LogP contribution in [0.3, 0.4) is 0 Å². The standard InChI is InChI=1S/C26H32N2O2/c1-30-24-12-5-11-22-13-14-23(27-25(22)24)18-28-17-7-16-26(19-28,20-29)15-6-10-21-8-3-2-4-9-21/h2-5,8-9,11-14,29H,6-7,10,15-20H2,1H3. The van der Waals surface area contributed by atoms with Crippen molar-refractivity contribution >= 4 is 10.9 Å². The molecule has 0 aliphatic carbocycles. The molecule has 158 valence electrons. The molecule has 1 atom stereocenters. The first-order valence-electron chi connectivity index (χ1n) is 11.0. The lowest BCUT2D eigenvalue weighted by molar-refractivity contribution is 0.0203. The summed E-state index contributed by atoms with van der Waals surface area (Å²) in [5, 5.41) is 11.4. The van der Waals surface area contributed by atoms with E-state index >= 15 is 0 Å². The summed E-state index contributed by atoms with van der Waals surface area (Å²) >= 11 is 0. The van der Waals surface area contributed by atoms with Crippen LogP contribution in [0, 0.1) is 5.41 Å². The number of pyridine rings is 1. The number of hydrogen-bond donors (Lipinski definition) is 1. The summed E-state index contributed by atoms with van der Waals surface area (Å²) in [4.78, 5) is 7.35. The van der Waals surface area contributed by atoms with Crippen LogP contribution >= 0.6 is 0 Å². The van der Waals surface area contributed by atoms with Gasteiger partial charge >= 0.3 is 0 Å². The molecule has 0 radical (unpaired) electrons. The molecular formula is C26H32N2O2. The van der Waals surface area contributed by atoms with Crippen molar-refractivity contribution in [3.05, 3.63) is 71.9 Å². The van der Waals surface area contributed by atoms with E-state index in [1.54, 1.807) is 7.11 Å². The van der Waals surface area contributed by atoms with Crippen molar-refractivity contribution in [1.82, 2.24) is 9.88 Å². The number of aryl methyl sites for hydroxylation is 1. The molecule has 4 heteroatoms. The van der Waals surface area contributed by atoms with Gasteiger partial charge in [-0.2, -0.15) is 0 Å². The van der Waals surface area contributed by atoms with E-state index < -0.39 is 0 Å². The molecule has 3 aromatic rings. The fourth-order valence-electron chi connectivity index (χ4n) is 4.81. The lowest BCUT2D eigenvalue weighted by Gasteiger charge is -2.42. The Hall–Kier alpha value is -2.43. The number of para-hydroxylation sites is 1. The summed E-state index contributed by atoms with van der Waals surface area (Å²) in [5.74, 6) is 0.818. The van der Waals surface area contributed by atoms with Crippen LogP contribution < -0.4 is 4.74 Å². The van der Waals surface area contributed by atoms with Crippen molar-refractivity contribution < 1.29 is 9.84 Å². The number of rotatable bonds is 8. The number of methoxy groups -OCH3 is 1. The Bertz CT molecular complexity index is 960. The first-order chi connectivity index (χ1) is 14.7. The minimum absolute atomic E-state index is 0.00156. The number of nitrogens with zero attached hydrogens (tertiary/aromatic N) is 2. The normalized spacial score (nSPS) is 19.8. The molecule has 30 heavy (non-hydrogen) atoms. The lowest BCUT2D eigenvalue weighted by Crippen LogP contribution is -2.45. The molecule has 2 heterocycles. The maximum absolute atomic E-state index is 10.3. The summed E-state index contributed by atoms with van der Waals surface area (Å²) in [6.07, 6.45) is 5.49. The monoisotopic (exact) mass is 404 g/mol. The van der Waals surface area contributed by atoms with E-state index in [1.165, 1.54) is 5.56 Å². The highest BCUT2D eigenvalue weighted by Crippen LogP contribution is 2.35. The van der Waals surface area contributed by atoms with Gasteiger partial charge in [0.05, 0.1) is 12.8 Å². The molecule has 0 saturated carbocycles. The van der Waals surface area contributed by atoms with E-state index in [2.05, 4.69) is 53.4 Å². The Balaban J connectivity index is 1.41. The minimum atomic E-state index is 0.00156. The van der Waals surface area contributed by atoms with Gasteiger partial charge in [-0.15, -0.1) is 0 Å². The first kappa shape index (κ1) is 20.8. The maximum Gasteiger partial charge on any atom is 0.145 e. The number of ether oxygens (including phenoxy) is 1. The topological polar surface area (TPSA) is 45.6 Å². The lowest BCUT2D eigenvalue weighted by atomic mass is 9.76. The second kappa shape index (κ2) is 9.59. The van der Waals surface area contributed by atoms with Crippen LogP contribution in [0.5, 0.6) is 5.75 Å². The number of aliphatic hydroxyl groups excluding tert-OH is 1. The van der Waals surface area contributed by atoms with Gasteiger partial charge in [0.15, 0.2) is 0 Å². The fraction of sp³-hybridized carbons (Fsp3) is 0.423. The van der Waals surface area contributed by atoms with Crippen LogP contribution in [0.1, 0.15) is 36.9 Å². The Kier molecular flexibility index (Phi) is 6.66. The summed E-state index contributed by atoms with van der Waals surface area (Å²) in [5.41, 5.74) is 3.37. The van der Waals surface area contributed by atoms with Crippen LogP contribution in [-0.4, -0.2) is 41.8 Å². The summed E-state index contributed by atoms with van der Waals surface area (Å²) < 4.78 is 5.49. The van der Waals surface area contributed by atoms with E-state index in [-0.39, 0.29) is 12.0 Å². The number of benzene rings is 2. The molecule has 0 spiro atoms. The van der Waals surface area contributed by atoms with Gasteiger partial charge in [-0.3, -0.25) is 4.90 Å². The Labute approximate surface area is 179 Å². The highest BCUT2D eigenvalue weighted by molar-refractivity contribution is 5.84. The molecule has 1 N–H and O–H groups in total. The van der Waals surface area contributed by atoms with Gasteiger partial charge in [-0.1, -0.05) is 48.5 Å². The molecule has 1 fully saturated rings. The fourth-order valence-corrected chi connectivity index (χ4v) is 4.81. The van der Waals surface area contributed by atoms with Gasteiger partial charge in [-0.25, -0.2) is 4.98 Å². The smallest absolute Gasteiger partial charge is 0.145 e. The van der Waals surface area contributed by atoms with Crippen LogP contribution in [0.15, 0.2) is 60.7 Å². The second-order valence-electron chi connectivity index (χ2n) is 8.65. The van der Waals surface area contributed by atoms with E-state index in [0.29, 0.717) is 0 Å². The summed E-state index contributed by atoms with van der Waals surface area (Å²) in [6, 6.07) is 20.9. The minimum Gasteiger partial charge on any atom is -0.494 e. The number of hydrogen-bond acceptors (Lipinski definition) is 4. The van der Waals surface area contributed by atoms with Crippen molar-refractivity contribution in [2.75, 3.05) is 26.8 Å². The van der Waals surface area contributed by atoms with Crippen LogP contribution in [0.25, 0.3) is 10.9 Å². The Morgan fingerprint density at radius 3 is 2.73 bits per heavy atom. The van der Waals surface area contributed by atoms with Crippen LogP contribution in [0.2, 0.25) is 0 Å². The molecular weight excluding hydrogens is 372 g/mol. The molecule has 1 aliphatic rings. The molecule has 1 unspecified atom stereocenters. The molecule has 4 nitrogen and oxygen atoms in total. The van der Waals surface area contributed by atoms with Crippen molar-refractivity contribution in [3.63, 3.8) is 0 Å². The second-order valence-corrected chi connectivity index (χ2v) is 8.65. The summed E-state index contributed by atoms with van der Waals surface area (Å²) in [7, 11) is 1.69.